The van der Waals surface area contributed by atoms with Crippen LogP contribution in [0.3, 0.4) is 0 Å². The average molecular weight is 303 g/mol. The molecule has 0 N–H and O–H groups in total. The van der Waals surface area contributed by atoms with Crippen LogP contribution in [-0.4, -0.2) is 31.1 Å². The van der Waals surface area contributed by atoms with Crippen LogP contribution in [0, 0.1) is 11.8 Å². The van der Waals surface area contributed by atoms with Gasteiger partial charge in [-0.2, -0.15) is 0 Å². The van der Waals surface area contributed by atoms with Gasteiger partial charge in [0.1, 0.15) is 5.75 Å². The maximum Gasteiger partial charge on any atom is 0.119 e. The molecule has 2 rings (SSSR count). The molecule has 124 valence electrons. The normalized spacial score (nSPS) is 17.9. The van der Waals surface area contributed by atoms with Gasteiger partial charge in [-0.15, -0.1) is 0 Å². The van der Waals surface area contributed by atoms with Crippen molar-refractivity contribution < 1.29 is 4.74 Å². The van der Waals surface area contributed by atoms with Gasteiger partial charge in [-0.25, -0.2) is 0 Å². The Kier molecular flexibility index (Phi) is 5.91. The molecular weight excluding hydrogens is 270 g/mol. The topological polar surface area (TPSA) is 12.5 Å². The number of piperidine rings is 1. The quantitative estimate of drug-likeness (QED) is 0.779. The van der Waals surface area contributed by atoms with Crippen molar-refractivity contribution in [3.63, 3.8) is 0 Å². The highest BCUT2D eigenvalue weighted by molar-refractivity contribution is 5.31. The standard InChI is InChI=1S/C20H33NO/c1-16(2)14-21-12-10-17(11-13-21)15-22-19-8-6-18(7-9-19)20(3,4)5/h6-9,16-17H,10-15H2,1-5H3. The highest BCUT2D eigenvalue weighted by Crippen LogP contribution is 2.25. The zero-order chi connectivity index (χ0) is 16.2. The summed E-state index contributed by atoms with van der Waals surface area (Å²) in [7, 11) is 0. The summed E-state index contributed by atoms with van der Waals surface area (Å²) < 4.78 is 6.01. The van der Waals surface area contributed by atoms with E-state index in [1.54, 1.807) is 0 Å². The molecule has 0 saturated carbocycles. The van der Waals surface area contributed by atoms with Crippen LogP contribution in [-0.2, 0) is 5.41 Å². The summed E-state index contributed by atoms with van der Waals surface area (Å²) in [5.74, 6) is 2.50. The van der Waals surface area contributed by atoms with Gasteiger partial charge in [0, 0.05) is 6.54 Å². The predicted octanol–water partition coefficient (Wildman–Crippen LogP) is 4.73. The summed E-state index contributed by atoms with van der Waals surface area (Å²) >= 11 is 0. The first-order valence-corrected chi connectivity index (χ1v) is 8.80. The Morgan fingerprint density at radius 3 is 2.18 bits per heavy atom. The van der Waals surface area contributed by atoms with Crippen molar-refractivity contribution in [2.24, 2.45) is 11.8 Å². The van der Waals surface area contributed by atoms with Gasteiger partial charge in [0.25, 0.3) is 0 Å². The molecule has 0 aromatic heterocycles. The smallest absolute Gasteiger partial charge is 0.119 e. The number of rotatable bonds is 5. The number of hydrogen-bond acceptors (Lipinski definition) is 2. The van der Waals surface area contributed by atoms with E-state index in [0.29, 0.717) is 5.92 Å². The predicted molar refractivity (Wildman–Crippen MR) is 94.6 cm³/mol. The van der Waals surface area contributed by atoms with Gasteiger partial charge >= 0.3 is 0 Å². The van der Waals surface area contributed by atoms with E-state index >= 15 is 0 Å². The number of nitrogens with zero attached hydrogens (tertiary/aromatic N) is 1. The van der Waals surface area contributed by atoms with Crippen molar-refractivity contribution in [2.75, 3.05) is 26.2 Å². The average Bonchev–Trinajstić information content (AvgIpc) is 2.45. The first-order valence-electron chi connectivity index (χ1n) is 8.80. The lowest BCUT2D eigenvalue weighted by molar-refractivity contribution is 0.132. The monoisotopic (exact) mass is 303 g/mol. The minimum atomic E-state index is 0.210. The van der Waals surface area contributed by atoms with Gasteiger partial charge in [0.15, 0.2) is 0 Å². The van der Waals surface area contributed by atoms with Gasteiger partial charge in [0.2, 0.25) is 0 Å². The van der Waals surface area contributed by atoms with Crippen molar-refractivity contribution in [2.45, 2.75) is 52.9 Å². The zero-order valence-electron chi connectivity index (χ0n) is 15.1. The molecule has 1 aromatic rings. The van der Waals surface area contributed by atoms with E-state index in [-0.39, 0.29) is 5.41 Å². The summed E-state index contributed by atoms with van der Waals surface area (Å²) in [6.07, 6.45) is 2.54. The molecular formula is C20H33NO. The molecule has 1 aliphatic heterocycles. The molecule has 0 bridgehead atoms. The van der Waals surface area contributed by atoms with Crippen LogP contribution in [0.1, 0.15) is 53.0 Å². The lowest BCUT2D eigenvalue weighted by atomic mass is 9.87. The Hall–Kier alpha value is -1.02. The molecule has 2 heteroatoms. The third kappa shape index (κ3) is 5.31. The number of likely N-dealkylation sites (tertiary alicyclic amines) is 1. The molecule has 22 heavy (non-hydrogen) atoms. The molecule has 1 heterocycles. The summed E-state index contributed by atoms with van der Waals surface area (Å²) in [6, 6.07) is 8.63. The second kappa shape index (κ2) is 7.50. The van der Waals surface area contributed by atoms with Crippen molar-refractivity contribution in [3.8, 4) is 5.75 Å². The lowest BCUT2D eigenvalue weighted by Gasteiger charge is -2.32. The van der Waals surface area contributed by atoms with E-state index < -0.39 is 0 Å². The molecule has 0 aliphatic carbocycles. The SMILES string of the molecule is CC(C)CN1CCC(COc2ccc(C(C)(C)C)cc2)CC1. The van der Waals surface area contributed by atoms with Gasteiger partial charge < -0.3 is 9.64 Å². The Balaban J connectivity index is 1.75. The highest BCUT2D eigenvalue weighted by Gasteiger charge is 2.20. The van der Waals surface area contributed by atoms with Crippen LogP contribution in [0.4, 0.5) is 0 Å². The largest absolute Gasteiger partial charge is 0.493 e. The maximum absolute atomic E-state index is 6.01. The molecule has 2 nitrogen and oxygen atoms in total. The van der Waals surface area contributed by atoms with E-state index in [0.717, 1.165) is 18.3 Å². The van der Waals surface area contributed by atoms with Gasteiger partial charge in [0.05, 0.1) is 6.61 Å². The van der Waals surface area contributed by atoms with Crippen molar-refractivity contribution in [3.05, 3.63) is 29.8 Å². The molecule has 1 aliphatic rings. The molecule has 0 spiro atoms. The molecule has 0 unspecified atom stereocenters. The van der Waals surface area contributed by atoms with Crippen LogP contribution in [0.2, 0.25) is 0 Å². The van der Waals surface area contributed by atoms with Crippen LogP contribution in [0.5, 0.6) is 5.75 Å². The van der Waals surface area contributed by atoms with Crippen LogP contribution < -0.4 is 4.74 Å². The number of ether oxygens (including phenoxy) is 1. The maximum atomic E-state index is 6.01. The van der Waals surface area contributed by atoms with E-state index in [1.165, 1.54) is 38.0 Å². The molecule has 1 saturated heterocycles. The minimum absolute atomic E-state index is 0.210. The third-order valence-corrected chi connectivity index (χ3v) is 4.54. The first kappa shape index (κ1) is 17.3. The minimum Gasteiger partial charge on any atom is -0.493 e. The van der Waals surface area contributed by atoms with Gasteiger partial charge in [-0.05, 0) is 60.9 Å². The second-order valence-corrected chi connectivity index (χ2v) is 8.22. The second-order valence-electron chi connectivity index (χ2n) is 8.22. The fourth-order valence-corrected chi connectivity index (χ4v) is 3.12. The number of hydrogen-bond donors (Lipinski definition) is 0. The molecule has 1 fully saturated rings. The Morgan fingerprint density at radius 1 is 1.09 bits per heavy atom. The van der Waals surface area contributed by atoms with Crippen LogP contribution in [0.15, 0.2) is 24.3 Å². The van der Waals surface area contributed by atoms with Crippen molar-refractivity contribution in [1.82, 2.24) is 4.90 Å². The summed E-state index contributed by atoms with van der Waals surface area (Å²) in [5.41, 5.74) is 1.57. The van der Waals surface area contributed by atoms with Gasteiger partial charge in [-0.1, -0.05) is 46.8 Å². The molecule has 0 radical (unpaired) electrons. The van der Waals surface area contributed by atoms with E-state index in [9.17, 15) is 0 Å². The molecule has 0 amide bonds. The summed E-state index contributed by atoms with van der Waals surface area (Å²) in [6.45, 7) is 15.9. The zero-order valence-corrected chi connectivity index (χ0v) is 15.1. The van der Waals surface area contributed by atoms with Crippen molar-refractivity contribution in [1.29, 1.82) is 0 Å². The van der Waals surface area contributed by atoms with Crippen LogP contribution in [0.25, 0.3) is 0 Å². The van der Waals surface area contributed by atoms with E-state index in [1.807, 2.05) is 0 Å². The fourth-order valence-electron chi connectivity index (χ4n) is 3.12. The summed E-state index contributed by atoms with van der Waals surface area (Å²) in [5, 5.41) is 0. The van der Waals surface area contributed by atoms with E-state index in [4.69, 9.17) is 4.74 Å². The molecule has 1 aromatic carbocycles. The lowest BCUT2D eigenvalue weighted by Crippen LogP contribution is -2.37. The highest BCUT2D eigenvalue weighted by atomic mass is 16.5. The van der Waals surface area contributed by atoms with Gasteiger partial charge in [-0.3, -0.25) is 0 Å². The Bertz CT molecular complexity index is 436. The van der Waals surface area contributed by atoms with Crippen molar-refractivity contribution >= 4 is 0 Å². The Labute approximate surface area is 136 Å². The molecule has 0 atom stereocenters. The Morgan fingerprint density at radius 2 is 1.68 bits per heavy atom. The number of benzene rings is 1. The summed E-state index contributed by atoms with van der Waals surface area (Å²) in [4.78, 5) is 2.60. The third-order valence-electron chi connectivity index (χ3n) is 4.54. The van der Waals surface area contributed by atoms with Crippen LogP contribution >= 0.6 is 0 Å². The fraction of sp³-hybridized carbons (Fsp3) is 0.700. The first-order chi connectivity index (χ1) is 10.3. The van der Waals surface area contributed by atoms with E-state index in [2.05, 4.69) is 63.8 Å².